The lowest BCUT2D eigenvalue weighted by molar-refractivity contribution is 0.0697. The summed E-state index contributed by atoms with van der Waals surface area (Å²) in [6, 6.07) is 23.9. The molecule has 8 heteroatoms. The molecule has 0 aliphatic carbocycles. The van der Waals surface area contributed by atoms with Gasteiger partial charge >= 0.3 is 5.97 Å². The second-order valence-corrected chi connectivity index (χ2v) is 7.47. The van der Waals surface area contributed by atoms with Crippen LogP contribution in [-0.2, 0) is 0 Å². The number of phenolic OH excluding ortho intramolecular Hbond substituents is 1. The minimum atomic E-state index is -1.06. The Morgan fingerprint density at radius 2 is 1.65 bits per heavy atom. The molecule has 0 aliphatic heterocycles. The number of hydrogen-bond acceptors (Lipinski definition) is 6. The van der Waals surface area contributed by atoms with Crippen molar-refractivity contribution in [1.82, 2.24) is 9.55 Å². The monoisotopic (exact) mass is 450 g/mol. The number of aromatic hydroxyl groups is 2. The third-order valence-electron chi connectivity index (χ3n) is 5.40. The molecule has 0 saturated carbocycles. The van der Waals surface area contributed by atoms with E-state index in [-0.39, 0.29) is 28.6 Å². The number of pyridine rings is 1. The first kappa shape index (κ1) is 20.9. The minimum Gasteiger partial charge on any atom is -0.505 e. The number of para-hydroxylation sites is 2. The van der Waals surface area contributed by atoms with Crippen molar-refractivity contribution in [3.05, 3.63) is 96.7 Å². The van der Waals surface area contributed by atoms with Crippen LogP contribution in [0.2, 0.25) is 0 Å². The molecule has 34 heavy (non-hydrogen) atoms. The van der Waals surface area contributed by atoms with Crippen LogP contribution in [0.1, 0.15) is 10.4 Å². The van der Waals surface area contributed by atoms with Gasteiger partial charge in [-0.25, -0.2) is 9.78 Å². The maximum absolute atomic E-state index is 11.3. The van der Waals surface area contributed by atoms with E-state index in [2.05, 4.69) is 15.2 Å². The first-order valence-electron chi connectivity index (χ1n) is 10.4. The number of aromatic carboxylic acids is 1. The van der Waals surface area contributed by atoms with Gasteiger partial charge in [0.2, 0.25) is 5.88 Å². The number of benzene rings is 3. The molecule has 2 aromatic heterocycles. The number of nitrogens with zero attached hydrogens (tertiary/aromatic N) is 4. The van der Waals surface area contributed by atoms with Crippen LogP contribution in [0, 0.1) is 0 Å². The zero-order chi connectivity index (χ0) is 23.7. The molecule has 0 amide bonds. The summed E-state index contributed by atoms with van der Waals surface area (Å²) in [5.74, 6) is -0.812. The van der Waals surface area contributed by atoms with Crippen molar-refractivity contribution in [2.45, 2.75) is 0 Å². The number of carboxylic acid groups (broad SMARTS) is 1. The van der Waals surface area contributed by atoms with Gasteiger partial charge in [-0.15, -0.1) is 10.2 Å². The van der Waals surface area contributed by atoms with E-state index in [4.69, 9.17) is 0 Å². The smallest absolute Gasteiger partial charge is 0.335 e. The van der Waals surface area contributed by atoms with Crippen molar-refractivity contribution in [3.8, 4) is 28.6 Å². The number of fused-ring (bicyclic) bond motifs is 1. The number of carboxylic acids is 1. The van der Waals surface area contributed by atoms with Crippen LogP contribution >= 0.6 is 0 Å². The molecule has 5 aromatic rings. The molecule has 8 nitrogen and oxygen atoms in total. The Morgan fingerprint density at radius 3 is 2.44 bits per heavy atom. The first-order chi connectivity index (χ1) is 16.5. The topological polar surface area (TPSA) is 120 Å². The zero-order valence-corrected chi connectivity index (χ0v) is 17.7. The van der Waals surface area contributed by atoms with Crippen LogP contribution in [0.15, 0.2) is 101 Å². The highest BCUT2D eigenvalue weighted by Crippen LogP contribution is 2.43. The fourth-order valence-corrected chi connectivity index (χ4v) is 3.79. The van der Waals surface area contributed by atoms with Crippen molar-refractivity contribution < 1.29 is 20.1 Å². The highest BCUT2D eigenvalue weighted by Gasteiger charge is 2.18. The van der Waals surface area contributed by atoms with Gasteiger partial charge < -0.3 is 15.3 Å². The predicted molar refractivity (Wildman–Crippen MR) is 127 cm³/mol. The third-order valence-corrected chi connectivity index (χ3v) is 5.40. The highest BCUT2D eigenvalue weighted by molar-refractivity contribution is 5.96. The molecule has 0 atom stereocenters. The third kappa shape index (κ3) is 3.63. The fraction of sp³-hybridized carbons (Fsp3) is 0. The van der Waals surface area contributed by atoms with Crippen molar-refractivity contribution in [2.24, 2.45) is 10.2 Å². The van der Waals surface area contributed by atoms with Crippen molar-refractivity contribution in [1.29, 1.82) is 0 Å². The predicted octanol–water partition coefficient (Wildman–Crippen LogP) is 6.22. The Morgan fingerprint density at radius 1 is 0.853 bits per heavy atom. The average Bonchev–Trinajstić information content (AvgIpc) is 3.15. The van der Waals surface area contributed by atoms with Gasteiger partial charge in [-0.2, -0.15) is 0 Å². The second kappa shape index (κ2) is 8.51. The Hall–Kier alpha value is -4.98. The summed E-state index contributed by atoms with van der Waals surface area (Å²) in [7, 11) is 0. The van der Waals surface area contributed by atoms with Crippen molar-refractivity contribution in [2.75, 3.05) is 0 Å². The summed E-state index contributed by atoms with van der Waals surface area (Å²) in [6.45, 7) is 0. The SMILES string of the molecule is O=C(O)c1cccc(-c2cccc(N=Nc3c(O)n(-c4ccccn4)c4ccccc34)c2O)c1. The van der Waals surface area contributed by atoms with Crippen LogP contribution in [0.25, 0.3) is 27.8 Å². The average molecular weight is 450 g/mol. The molecule has 0 saturated heterocycles. The number of hydrogen-bond donors (Lipinski definition) is 3. The van der Waals surface area contributed by atoms with Gasteiger partial charge in [0.25, 0.3) is 0 Å². The van der Waals surface area contributed by atoms with Crippen LogP contribution in [0.5, 0.6) is 11.6 Å². The first-order valence-corrected chi connectivity index (χ1v) is 10.4. The van der Waals surface area contributed by atoms with Gasteiger partial charge in [0.1, 0.15) is 11.5 Å². The lowest BCUT2D eigenvalue weighted by atomic mass is 10.0. The van der Waals surface area contributed by atoms with E-state index in [1.807, 2.05) is 30.3 Å². The van der Waals surface area contributed by atoms with Crippen LogP contribution in [0.4, 0.5) is 11.4 Å². The summed E-state index contributed by atoms with van der Waals surface area (Å²) < 4.78 is 1.58. The molecule has 0 fully saturated rings. The fourth-order valence-electron chi connectivity index (χ4n) is 3.79. The molecular formula is C26H18N4O4. The molecule has 0 radical (unpaired) electrons. The Bertz CT molecular complexity index is 1560. The van der Waals surface area contributed by atoms with Gasteiger partial charge in [0.05, 0.1) is 11.1 Å². The molecule has 2 heterocycles. The number of phenols is 1. The lowest BCUT2D eigenvalue weighted by Gasteiger charge is -2.07. The normalized spacial score (nSPS) is 11.3. The van der Waals surface area contributed by atoms with E-state index in [0.717, 1.165) is 0 Å². The summed E-state index contributed by atoms with van der Waals surface area (Å²) in [5.41, 5.74) is 2.17. The molecule has 5 rings (SSSR count). The molecule has 0 aliphatic rings. The molecule has 166 valence electrons. The zero-order valence-electron chi connectivity index (χ0n) is 17.7. The van der Waals surface area contributed by atoms with Gasteiger partial charge in [-0.3, -0.25) is 4.57 Å². The van der Waals surface area contributed by atoms with Crippen LogP contribution in [-0.4, -0.2) is 30.8 Å². The number of carbonyl (C=O) groups is 1. The molecule has 0 spiro atoms. The van der Waals surface area contributed by atoms with Gasteiger partial charge in [0.15, 0.2) is 11.4 Å². The summed E-state index contributed by atoms with van der Waals surface area (Å²) >= 11 is 0. The summed E-state index contributed by atoms with van der Waals surface area (Å²) in [6.07, 6.45) is 1.63. The largest absolute Gasteiger partial charge is 0.505 e. The molecule has 0 unspecified atom stereocenters. The lowest BCUT2D eigenvalue weighted by Crippen LogP contribution is -1.95. The maximum atomic E-state index is 11.3. The van der Waals surface area contributed by atoms with Crippen LogP contribution < -0.4 is 0 Å². The molecule has 0 bridgehead atoms. The molecular weight excluding hydrogens is 432 g/mol. The van der Waals surface area contributed by atoms with Gasteiger partial charge in [0, 0.05) is 17.1 Å². The van der Waals surface area contributed by atoms with E-state index in [0.29, 0.717) is 27.8 Å². The summed E-state index contributed by atoms with van der Waals surface area (Å²) in [5, 5.41) is 40.2. The standard InChI is InChI=1S/C26H18N4O4/c31-24-18(16-7-5-8-17(15-16)26(33)34)10-6-11-20(24)28-29-23-19-9-1-2-12-21(19)30(25(23)32)22-13-3-4-14-27-22/h1-15,31-32H,(H,33,34). The number of azo groups is 1. The number of rotatable bonds is 5. The van der Waals surface area contributed by atoms with E-state index in [1.165, 1.54) is 12.1 Å². The van der Waals surface area contributed by atoms with E-state index in [9.17, 15) is 20.1 Å². The van der Waals surface area contributed by atoms with Gasteiger partial charge in [-0.1, -0.05) is 48.5 Å². The minimum absolute atomic E-state index is 0.108. The van der Waals surface area contributed by atoms with Crippen molar-refractivity contribution in [3.63, 3.8) is 0 Å². The van der Waals surface area contributed by atoms with E-state index in [1.54, 1.807) is 53.2 Å². The number of aromatic nitrogens is 2. The second-order valence-electron chi connectivity index (χ2n) is 7.47. The molecule has 3 N–H and O–H groups in total. The van der Waals surface area contributed by atoms with E-state index < -0.39 is 5.97 Å². The molecule has 3 aromatic carbocycles. The quantitative estimate of drug-likeness (QED) is 0.275. The summed E-state index contributed by atoms with van der Waals surface area (Å²) in [4.78, 5) is 15.6. The Kier molecular flexibility index (Phi) is 5.23. The van der Waals surface area contributed by atoms with E-state index >= 15 is 0 Å². The Balaban J connectivity index is 1.59. The van der Waals surface area contributed by atoms with Gasteiger partial charge in [-0.05, 0) is 42.0 Å². The maximum Gasteiger partial charge on any atom is 0.335 e. The highest BCUT2D eigenvalue weighted by atomic mass is 16.4. The Labute approximate surface area is 193 Å². The van der Waals surface area contributed by atoms with Crippen molar-refractivity contribution >= 4 is 28.2 Å². The van der Waals surface area contributed by atoms with Crippen LogP contribution in [0.3, 0.4) is 0 Å².